The lowest BCUT2D eigenvalue weighted by Crippen LogP contribution is -2.48. The van der Waals surface area contributed by atoms with E-state index in [1.165, 1.54) is 12.1 Å². The Morgan fingerprint density at radius 1 is 1.20 bits per heavy atom. The molecule has 0 aromatic heterocycles. The molecule has 1 atom stereocenters. The van der Waals surface area contributed by atoms with E-state index in [4.69, 9.17) is 5.11 Å². The zero-order valence-electron chi connectivity index (χ0n) is 11.5. The van der Waals surface area contributed by atoms with E-state index in [0.29, 0.717) is 5.56 Å². The topological polar surface area (TPSA) is 40.5 Å². The van der Waals surface area contributed by atoms with Crippen LogP contribution < -0.4 is 0 Å². The molecule has 110 valence electrons. The van der Waals surface area contributed by atoms with Gasteiger partial charge < -0.3 is 5.11 Å². The monoisotopic (exact) mass is 283 g/mol. The van der Waals surface area contributed by atoms with Gasteiger partial charge in [-0.05, 0) is 50.6 Å². The second-order valence-electron chi connectivity index (χ2n) is 5.55. The molecule has 3 nitrogen and oxygen atoms in total. The fourth-order valence-electron chi connectivity index (χ4n) is 2.94. The first-order chi connectivity index (χ1) is 9.41. The van der Waals surface area contributed by atoms with E-state index < -0.39 is 23.1 Å². The molecule has 0 radical (unpaired) electrons. The minimum absolute atomic E-state index is 0.171. The Morgan fingerprint density at radius 3 is 2.25 bits per heavy atom. The predicted octanol–water partition coefficient (Wildman–Crippen LogP) is 3.14. The number of hydrogen-bond acceptors (Lipinski definition) is 2. The van der Waals surface area contributed by atoms with E-state index in [2.05, 4.69) is 0 Å². The highest BCUT2D eigenvalue weighted by Gasteiger charge is 2.37. The van der Waals surface area contributed by atoms with Crippen molar-refractivity contribution < 1.29 is 18.7 Å². The van der Waals surface area contributed by atoms with Gasteiger partial charge in [0, 0.05) is 6.07 Å². The van der Waals surface area contributed by atoms with Crippen LogP contribution in [0.15, 0.2) is 18.2 Å². The largest absolute Gasteiger partial charge is 0.481 e. The summed E-state index contributed by atoms with van der Waals surface area (Å²) in [5.74, 6) is -2.31. The number of benzene rings is 1. The number of likely N-dealkylation sites (tertiary alicyclic amines) is 1. The normalized spacial score (nSPS) is 19.6. The van der Waals surface area contributed by atoms with Crippen molar-refractivity contribution in [3.05, 3.63) is 35.4 Å². The summed E-state index contributed by atoms with van der Waals surface area (Å²) in [5.41, 5.74) is -0.492. The van der Waals surface area contributed by atoms with Crippen molar-refractivity contribution in [1.82, 2.24) is 4.90 Å². The number of halogens is 2. The molecule has 1 aliphatic heterocycles. The molecule has 20 heavy (non-hydrogen) atoms. The molecule has 0 bridgehead atoms. The molecule has 2 rings (SSSR count). The van der Waals surface area contributed by atoms with Crippen LogP contribution in [0, 0.1) is 11.6 Å². The number of hydrogen-bond donors (Lipinski definition) is 1. The summed E-state index contributed by atoms with van der Waals surface area (Å²) in [7, 11) is 0. The second kappa shape index (κ2) is 5.87. The number of carbonyl (C=O) groups is 1. The van der Waals surface area contributed by atoms with Crippen LogP contribution in [0.4, 0.5) is 8.78 Å². The van der Waals surface area contributed by atoms with E-state index in [1.54, 1.807) is 6.92 Å². The maximum atomic E-state index is 13.5. The molecule has 0 aliphatic carbocycles. The highest BCUT2D eigenvalue weighted by molar-refractivity contribution is 5.69. The molecular formula is C15H19F2NO2. The molecule has 5 heteroatoms. The molecule has 1 N–H and O–H groups in total. The van der Waals surface area contributed by atoms with Gasteiger partial charge in [-0.2, -0.15) is 0 Å². The van der Waals surface area contributed by atoms with Crippen LogP contribution in [0.5, 0.6) is 0 Å². The van der Waals surface area contributed by atoms with Crippen molar-refractivity contribution in [2.45, 2.75) is 38.1 Å². The molecule has 1 fully saturated rings. The molecule has 0 spiro atoms. The van der Waals surface area contributed by atoms with Crippen LogP contribution in [0.3, 0.4) is 0 Å². The first kappa shape index (κ1) is 14.9. The number of rotatable bonds is 4. The molecule has 1 heterocycles. The van der Waals surface area contributed by atoms with Crippen molar-refractivity contribution >= 4 is 5.97 Å². The van der Waals surface area contributed by atoms with E-state index in [0.717, 1.165) is 38.4 Å². The van der Waals surface area contributed by atoms with Gasteiger partial charge in [0.25, 0.3) is 0 Å². The van der Waals surface area contributed by atoms with Crippen LogP contribution in [-0.2, 0) is 10.3 Å². The van der Waals surface area contributed by atoms with Crippen LogP contribution in [0.25, 0.3) is 0 Å². The van der Waals surface area contributed by atoms with Crippen LogP contribution in [0.1, 0.15) is 38.2 Å². The third-order valence-corrected chi connectivity index (χ3v) is 4.03. The fraction of sp³-hybridized carbons (Fsp3) is 0.533. The summed E-state index contributed by atoms with van der Waals surface area (Å²) in [4.78, 5) is 13.2. The van der Waals surface area contributed by atoms with Gasteiger partial charge in [-0.15, -0.1) is 0 Å². The summed E-state index contributed by atoms with van der Waals surface area (Å²) in [6.07, 6.45) is 2.90. The molecule has 1 unspecified atom stereocenters. The molecule has 1 aliphatic rings. The quantitative estimate of drug-likeness (QED) is 0.923. The Labute approximate surface area is 117 Å². The standard InChI is InChI=1S/C15H19F2NO2/c1-15(10-14(19)20,18-5-3-2-4-6-18)11-7-12(16)9-13(17)8-11/h7-9H,2-6,10H2,1H3,(H,19,20). The first-order valence-corrected chi connectivity index (χ1v) is 6.85. The molecular weight excluding hydrogens is 264 g/mol. The zero-order valence-corrected chi connectivity index (χ0v) is 11.5. The zero-order chi connectivity index (χ0) is 14.8. The van der Waals surface area contributed by atoms with Crippen molar-refractivity contribution in [3.8, 4) is 0 Å². The average Bonchev–Trinajstić information content (AvgIpc) is 2.37. The molecule has 1 saturated heterocycles. The Balaban J connectivity index is 2.41. The lowest BCUT2D eigenvalue weighted by atomic mass is 9.85. The maximum absolute atomic E-state index is 13.5. The SMILES string of the molecule is CC(CC(=O)O)(c1cc(F)cc(F)c1)N1CCCCC1. The maximum Gasteiger partial charge on any atom is 0.305 e. The van der Waals surface area contributed by atoms with Crippen molar-refractivity contribution in [2.75, 3.05) is 13.1 Å². The first-order valence-electron chi connectivity index (χ1n) is 6.85. The van der Waals surface area contributed by atoms with E-state index >= 15 is 0 Å². The number of nitrogens with zero attached hydrogens (tertiary/aromatic N) is 1. The van der Waals surface area contributed by atoms with Crippen molar-refractivity contribution in [3.63, 3.8) is 0 Å². The van der Waals surface area contributed by atoms with E-state index in [9.17, 15) is 13.6 Å². The van der Waals surface area contributed by atoms with Crippen LogP contribution in [0.2, 0.25) is 0 Å². The Bertz CT molecular complexity index is 480. The predicted molar refractivity (Wildman–Crippen MR) is 71.4 cm³/mol. The van der Waals surface area contributed by atoms with E-state index in [1.807, 2.05) is 4.90 Å². The molecule has 1 aromatic carbocycles. The van der Waals surface area contributed by atoms with Gasteiger partial charge in [0.2, 0.25) is 0 Å². The third kappa shape index (κ3) is 3.15. The smallest absolute Gasteiger partial charge is 0.305 e. The van der Waals surface area contributed by atoms with Gasteiger partial charge in [0.1, 0.15) is 11.6 Å². The molecule has 1 aromatic rings. The summed E-state index contributed by atoms with van der Waals surface area (Å²) in [6.45, 7) is 3.25. The van der Waals surface area contributed by atoms with Crippen LogP contribution >= 0.6 is 0 Å². The highest BCUT2D eigenvalue weighted by atomic mass is 19.1. The van der Waals surface area contributed by atoms with Gasteiger partial charge in [-0.3, -0.25) is 9.69 Å². The highest BCUT2D eigenvalue weighted by Crippen LogP contribution is 2.35. The number of piperidine rings is 1. The minimum atomic E-state index is -0.970. The average molecular weight is 283 g/mol. The lowest BCUT2D eigenvalue weighted by Gasteiger charge is -2.43. The fourth-order valence-corrected chi connectivity index (χ4v) is 2.94. The summed E-state index contributed by atoms with van der Waals surface area (Å²) < 4.78 is 26.9. The summed E-state index contributed by atoms with van der Waals surface area (Å²) >= 11 is 0. The van der Waals surface area contributed by atoms with Gasteiger partial charge in [0.15, 0.2) is 0 Å². The lowest BCUT2D eigenvalue weighted by molar-refractivity contribution is -0.140. The number of carboxylic acids is 1. The second-order valence-corrected chi connectivity index (χ2v) is 5.55. The summed E-state index contributed by atoms with van der Waals surface area (Å²) in [5, 5.41) is 9.17. The van der Waals surface area contributed by atoms with Gasteiger partial charge in [-0.1, -0.05) is 6.42 Å². The number of carboxylic acid groups (broad SMARTS) is 1. The Hall–Kier alpha value is -1.49. The van der Waals surface area contributed by atoms with E-state index in [-0.39, 0.29) is 6.42 Å². The van der Waals surface area contributed by atoms with Crippen molar-refractivity contribution in [2.24, 2.45) is 0 Å². The van der Waals surface area contributed by atoms with Crippen molar-refractivity contribution in [1.29, 1.82) is 0 Å². The third-order valence-electron chi connectivity index (χ3n) is 4.03. The Kier molecular flexibility index (Phi) is 4.38. The van der Waals surface area contributed by atoms with Gasteiger partial charge >= 0.3 is 5.97 Å². The summed E-state index contributed by atoms with van der Waals surface area (Å²) in [6, 6.07) is 3.28. The van der Waals surface area contributed by atoms with Crippen LogP contribution in [-0.4, -0.2) is 29.1 Å². The minimum Gasteiger partial charge on any atom is -0.481 e. The van der Waals surface area contributed by atoms with Gasteiger partial charge in [0.05, 0.1) is 12.0 Å². The molecule has 0 amide bonds. The molecule has 0 saturated carbocycles. The Morgan fingerprint density at radius 2 is 1.75 bits per heavy atom. The number of aliphatic carboxylic acids is 1. The van der Waals surface area contributed by atoms with Gasteiger partial charge in [-0.25, -0.2) is 8.78 Å².